The summed E-state index contributed by atoms with van der Waals surface area (Å²) in [5.74, 6) is -0.104. The number of halogens is 1. The van der Waals surface area contributed by atoms with Crippen molar-refractivity contribution in [1.82, 2.24) is 4.98 Å². The van der Waals surface area contributed by atoms with E-state index in [-0.39, 0.29) is 12.2 Å². The van der Waals surface area contributed by atoms with Crippen LogP contribution in [0.5, 0.6) is 5.75 Å². The second-order valence-corrected chi connectivity index (χ2v) is 5.11. The highest BCUT2D eigenvalue weighted by atomic mass is 79.9. The number of nitrogens with zero attached hydrogens (tertiary/aromatic N) is 1. The van der Waals surface area contributed by atoms with Gasteiger partial charge in [0.05, 0.1) is 12.3 Å². The molecule has 0 atom stereocenters. The average Bonchev–Trinajstić information content (AvgIpc) is 2.47. The van der Waals surface area contributed by atoms with Gasteiger partial charge < -0.3 is 15.2 Å². The van der Waals surface area contributed by atoms with Gasteiger partial charge in [-0.2, -0.15) is 0 Å². The van der Waals surface area contributed by atoms with Crippen molar-refractivity contribution in [3.8, 4) is 5.75 Å². The van der Waals surface area contributed by atoms with Crippen molar-refractivity contribution in [1.29, 1.82) is 0 Å². The van der Waals surface area contributed by atoms with Crippen LogP contribution >= 0.6 is 15.9 Å². The number of benzene rings is 1. The molecule has 0 saturated carbocycles. The summed E-state index contributed by atoms with van der Waals surface area (Å²) in [6, 6.07) is 8.66. The Morgan fingerprint density at radius 1 is 1.33 bits per heavy atom. The number of carbonyl (C=O) groups is 1. The second-order valence-electron chi connectivity index (χ2n) is 4.20. The summed E-state index contributed by atoms with van der Waals surface area (Å²) >= 11 is 3.30. The Labute approximate surface area is 131 Å². The highest BCUT2D eigenvalue weighted by Gasteiger charge is 2.17. The summed E-state index contributed by atoms with van der Waals surface area (Å²) < 4.78 is 11.5. The molecule has 6 heteroatoms. The smallest absolute Gasteiger partial charge is 0.344 e. The molecule has 1 aromatic carbocycles. The first-order valence-corrected chi connectivity index (χ1v) is 7.20. The van der Waals surface area contributed by atoms with E-state index < -0.39 is 5.97 Å². The van der Waals surface area contributed by atoms with Crippen LogP contribution in [0, 0.1) is 0 Å². The monoisotopic (exact) mass is 350 g/mol. The van der Waals surface area contributed by atoms with Crippen molar-refractivity contribution < 1.29 is 14.3 Å². The number of hydrogen-bond acceptors (Lipinski definition) is 5. The van der Waals surface area contributed by atoms with Crippen LogP contribution in [0.3, 0.4) is 0 Å². The van der Waals surface area contributed by atoms with Crippen molar-refractivity contribution in [2.24, 2.45) is 0 Å². The lowest BCUT2D eigenvalue weighted by Gasteiger charge is -2.12. The van der Waals surface area contributed by atoms with Gasteiger partial charge in [0.1, 0.15) is 17.9 Å². The van der Waals surface area contributed by atoms with Crippen molar-refractivity contribution in [2.45, 2.75) is 13.5 Å². The topological polar surface area (TPSA) is 74.4 Å². The number of rotatable bonds is 5. The Bertz CT molecular complexity index is 629. The molecule has 21 heavy (non-hydrogen) atoms. The zero-order valence-corrected chi connectivity index (χ0v) is 13.1. The zero-order chi connectivity index (χ0) is 15.2. The fraction of sp³-hybridized carbons (Fsp3) is 0.200. The minimum absolute atomic E-state index is 0.0754. The molecular formula is C15H15BrN2O3. The molecule has 0 aliphatic rings. The van der Waals surface area contributed by atoms with Gasteiger partial charge in [-0.15, -0.1) is 0 Å². The van der Waals surface area contributed by atoms with Gasteiger partial charge in [0.2, 0.25) is 0 Å². The molecule has 5 nitrogen and oxygen atoms in total. The third-order valence-electron chi connectivity index (χ3n) is 2.70. The maximum absolute atomic E-state index is 12.2. The number of hydrogen-bond donors (Lipinski definition) is 1. The van der Waals surface area contributed by atoms with Gasteiger partial charge in [-0.25, -0.2) is 4.79 Å². The number of pyridine rings is 1. The molecule has 0 radical (unpaired) electrons. The van der Waals surface area contributed by atoms with Crippen LogP contribution in [-0.2, 0) is 11.3 Å². The largest absolute Gasteiger partial charge is 0.493 e. The standard InChI is InChI=1S/C15H15BrN2O3/c1-2-20-13-5-3-4-12(17)14(13)15(19)21-9-11-7-6-10(16)8-18-11/h3-8H,2,9,17H2,1H3. The molecule has 2 rings (SSSR count). The van der Waals surface area contributed by atoms with Gasteiger partial charge in [-0.05, 0) is 47.1 Å². The van der Waals surface area contributed by atoms with Crippen LogP contribution in [-0.4, -0.2) is 17.6 Å². The van der Waals surface area contributed by atoms with Gasteiger partial charge in [0.25, 0.3) is 0 Å². The summed E-state index contributed by atoms with van der Waals surface area (Å²) in [7, 11) is 0. The van der Waals surface area contributed by atoms with Gasteiger partial charge >= 0.3 is 5.97 Å². The molecule has 0 aliphatic heterocycles. The van der Waals surface area contributed by atoms with E-state index in [9.17, 15) is 4.79 Å². The van der Waals surface area contributed by atoms with E-state index in [4.69, 9.17) is 15.2 Å². The third kappa shape index (κ3) is 3.95. The Balaban J connectivity index is 2.11. The van der Waals surface area contributed by atoms with Crippen molar-refractivity contribution in [3.05, 3.63) is 52.3 Å². The predicted octanol–water partition coefficient (Wildman–Crippen LogP) is 3.18. The molecule has 0 bridgehead atoms. The number of carbonyl (C=O) groups excluding carboxylic acids is 1. The first-order chi connectivity index (χ1) is 10.1. The maximum Gasteiger partial charge on any atom is 0.344 e. The number of ether oxygens (including phenoxy) is 2. The molecule has 0 unspecified atom stereocenters. The maximum atomic E-state index is 12.2. The molecule has 0 saturated heterocycles. The lowest BCUT2D eigenvalue weighted by Crippen LogP contribution is -2.11. The van der Waals surface area contributed by atoms with Crippen LogP contribution in [0.2, 0.25) is 0 Å². The van der Waals surface area contributed by atoms with Crippen LogP contribution in [0.15, 0.2) is 41.0 Å². The highest BCUT2D eigenvalue weighted by molar-refractivity contribution is 9.10. The minimum Gasteiger partial charge on any atom is -0.493 e. The van der Waals surface area contributed by atoms with E-state index >= 15 is 0 Å². The highest BCUT2D eigenvalue weighted by Crippen LogP contribution is 2.25. The van der Waals surface area contributed by atoms with Crippen molar-refractivity contribution in [3.63, 3.8) is 0 Å². The molecule has 0 spiro atoms. The van der Waals surface area contributed by atoms with E-state index in [0.717, 1.165) is 4.47 Å². The second kappa shape index (κ2) is 7.08. The summed E-state index contributed by atoms with van der Waals surface area (Å²) in [6.07, 6.45) is 1.64. The van der Waals surface area contributed by atoms with Crippen molar-refractivity contribution >= 4 is 27.6 Å². The van der Waals surface area contributed by atoms with Gasteiger partial charge in [0, 0.05) is 16.4 Å². The minimum atomic E-state index is -0.527. The van der Waals surface area contributed by atoms with Crippen LogP contribution in [0.1, 0.15) is 23.0 Å². The number of esters is 1. The average molecular weight is 351 g/mol. The molecule has 1 heterocycles. The van der Waals surface area contributed by atoms with Crippen LogP contribution in [0.4, 0.5) is 5.69 Å². The van der Waals surface area contributed by atoms with Gasteiger partial charge in [0.15, 0.2) is 0 Å². The summed E-state index contributed by atoms with van der Waals surface area (Å²) in [5.41, 5.74) is 7.07. The zero-order valence-electron chi connectivity index (χ0n) is 11.5. The molecule has 1 aromatic heterocycles. The third-order valence-corrected chi connectivity index (χ3v) is 3.17. The molecule has 2 N–H and O–H groups in total. The molecule has 0 amide bonds. The summed E-state index contributed by atoms with van der Waals surface area (Å²) in [6.45, 7) is 2.36. The van der Waals surface area contributed by atoms with E-state index in [0.29, 0.717) is 23.7 Å². The molecule has 110 valence electrons. The lowest BCUT2D eigenvalue weighted by molar-refractivity contribution is 0.0464. The normalized spacial score (nSPS) is 10.2. The molecule has 2 aromatic rings. The van der Waals surface area contributed by atoms with Crippen molar-refractivity contribution in [2.75, 3.05) is 12.3 Å². The number of aromatic nitrogens is 1. The SMILES string of the molecule is CCOc1cccc(N)c1C(=O)OCc1ccc(Br)cn1. The van der Waals surface area contributed by atoms with E-state index in [1.807, 2.05) is 13.0 Å². The summed E-state index contributed by atoms with van der Waals surface area (Å²) in [5, 5.41) is 0. The quantitative estimate of drug-likeness (QED) is 0.662. The Morgan fingerprint density at radius 2 is 2.14 bits per heavy atom. The molecule has 0 aliphatic carbocycles. The Hall–Kier alpha value is -2.08. The van der Waals surface area contributed by atoms with E-state index in [1.165, 1.54) is 0 Å². The van der Waals surface area contributed by atoms with Crippen LogP contribution < -0.4 is 10.5 Å². The fourth-order valence-electron chi connectivity index (χ4n) is 1.75. The molecule has 0 fully saturated rings. The fourth-order valence-corrected chi connectivity index (χ4v) is 1.98. The first-order valence-electron chi connectivity index (χ1n) is 6.40. The predicted molar refractivity (Wildman–Crippen MR) is 83.1 cm³/mol. The first kappa shape index (κ1) is 15.3. The summed E-state index contributed by atoms with van der Waals surface area (Å²) in [4.78, 5) is 16.3. The van der Waals surface area contributed by atoms with Gasteiger partial charge in [-0.3, -0.25) is 4.98 Å². The Morgan fingerprint density at radius 3 is 2.81 bits per heavy atom. The van der Waals surface area contributed by atoms with E-state index in [2.05, 4.69) is 20.9 Å². The number of nitrogen functional groups attached to an aromatic ring is 1. The lowest BCUT2D eigenvalue weighted by atomic mass is 10.1. The van der Waals surface area contributed by atoms with Crippen LogP contribution in [0.25, 0.3) is 0 Å². The Kier molecular flexibility index (Phi) is 5.16. The number of nitrogens with two attached hydrogens (primary N) is 1. The van der Waals surface area contributed by atoms with E-state index in [1.54, 1.807) is 30.5 Å². The number of anilines is 1. The van der Waals surface area contributed by atoms with Gasteiger partial charge in [-0.1, -0.05) is 6.07 Å². The molecular weight excluding hydrogens is 336 g/mol.